The van der Waals surface area contributed by atoms with E-state index in [1.54, 1.807) is 31.2 Å². The van der Waals surface area contributed by atoms with Crippen molar-refractivity contribution in [2.45, 2.75) is 38.6 Å². The molecule has 168 valence electrons. The predicted octanol–water partition coefficient (Wildman–Crippen LogP) is 3.63. The molecular formula is C21H21ClN4O5S. The van der Waals surface area contributed by atoms with Gasteiger partial charge >= 0.3 is 0 Å². The van der Waals surface area contributed by atoms with Crippen molar-refractivity contribution < 1.29 is 22.5 Å². The van der Waals surface area contributed by atoms with Gasteiger partial charge in [0.1, 0.15) is 5.75 Å². The molecule has 4 rings (SSSR count). The summed E-state index contributed by atoms with van der Waals surface area (Å²) in [5.41, 5.74) is 2.06. The molecule has 3 aromatic rings. The Kier molecular flexibility index (Phi) is 5.83. The monoisotopic (exact) mass is 476 g/mol. The van der Waals surface area contributed by atoms with Crippen molar-refractivity contribution in [1.82, 2.24) is 10.1 Å². The van der Waals surface area contributed by atoms with Crippen LogP contribution in [0.3, 0.4) is 0 Å². The Morgan fingerprint density at radius 3 is 2.69 bits per heavy atom. The number of hydrogen-bond donors (Lipinski definition) is 1. The quantitative estimate of drug-likeness (QED) is 0.577. The fraction of sp³-hybridized carbons (Fsp3) is 0.286. The van der Waals surface area contributed by atoms with Crippen LogP contribution < -0.4 is 14.4 Å². The molecule has 11 heteroatoms. The van der Waals surface area contributed by atoms with Gasteiger partial charge in [-0.3, -0.25) is 14.4 Å². The van der Waals surface area contributed by atoms with Crippen molar-refractivity contribution >= 4 is 38.9 Å². The van der Waals surface area contributed by atoms with E-state index in [-0.39, 0.29) is 35.4 Å². The summed E-state index contributed by atoms with van der Waals surface area (Å²) in [4.78, 5) is 18.2. The summed E-state index contributed by atoms with van der Waals surface area (Å²) < 4.78 is 39.3. The average molecular weight is 477 g/mol. The van der Waals surface area contributed by atoms with E-state index in [2.05, 4.69) is 14.9 Å². The first-order valence-electron chi connectivity index (χ1n) is 9.86. The predicted molar refractivity (Wildman–Crippen MR) is 119 cm³/mol. The zero-order valence-electron chi connectivity index (χ0n) is 17.7. The lowest BCUT2D eigenvalue weighted by Gasteiger charge is -2.29. The Balaban J connectivity index is 1.67. The van der Waals surface area contributed by atoms with Crippen LogP contribution in [0.4, 0.5) is 11.4 Å². The van der Waals surface area contributed by atoms with Gasteiger partial charge in [0.25, 0.3) is 15.9 Å². The van der Waals surface area contributed by atoms with Crippen LogP contribution in [0.25, 0.3) is 0 Å². The van der Waals surface area contributed by atoms with Crippen molar-refractivity contribution in [3.63, 3.8) is 0 Å². The van der Waals surface area contributed by atoms with Gasteiger partial charge < -0.3 is 9.26 Å². The summed E-state index contributed by atoms with van der Waals surface area (Å²) in [6.07, 6.45) is 0.582. The number of sulfonamides is 1. The molecule has 0 saturated heterocycles. The lowest BCUT2D eigenvalue weighted by molar-refractivity contribution is -0.121. The molecule has 1 aliphatic heterocycles. The Morgan fingerprint density at radius 1 is 1.22 bits per heavy atom. The third kappa shape index (κ3) is 4.28. The Hall–Kier alpha value is -3.11. The van der Waals surface area contributed by atoms with Crippen molar-refractivity contribution in [2.75, 3.05) is 16.2 Å². The van der Waals surface area contributed by atoms with Crippen LogP contribution in [0.1, 0.15) is 29.8 Å². The lowest BCUT2D eigenvalue weighted by atomic mass is 10.1. The second kappa shape index (κ2) is 8.44. The van der Waals surface area contributed by atoms with Gasteiger partial charge in [0.15, 0.2) is 12.4 Å². The molecule has 0 fully saturated rings. The van der Waals surface area contributed by atoms with Crippen LogP contribution in [0, 0.1) is 13.8 Å². The highest BCUT2D eigenvalue weighted by Crippen LogP contribution is 2.38. The number of hydrogen-bond acceptors (Lipinski definition) is 7. The maximum atomic E-state index is 13.1. The minimum atomic E-state index is -3.96. The molecule has 2 heterocycles. The zero-order valence-corrected chi connectivity index (χ0v) is 19.2. The number of aryl methyl sites for hydroxylation is 3. The van der Waals surface area contributed by atoms with E-state index in [9.17, 15) is 13.2 Å². The molecular weight excluding hydrogens is 456 g/mol. The Bertz CT molecular complexity index is 1310. The van der Waals surface area contributed by atoms with Gasteiger partial charge in [-0.25, -0.2) is 8.42 Å². The minimum Gasteiger partial charge on any atom is -0.482 e. The highest BCUT2D eigenvalue weighted by Gasteiger charge is 2.30. The van der Waals surface area contributed by atoms with E-state index in [0.29, 0.717) is 34.4 Å². The number of carbonyl (C=O) groups excluding carboxylic acids is 1. The van der Waals surface area contributed by atoms with Crippen molar-refractivity contribution in [2.24, 2.45) is 0 Å². The summed E-state index contributed by atoms with van der Waals surface area (Å²) in [5, 5.41) is 4.18. The molecule has 2 aromatic carbocycles. The number of amides is 1. The van der Waals surface area contributed by atoms with Gasteiger partial charge in [0, 0.05) is 12.5 Å². The second-order valence-corrected chi connectivity index (χ2v) is 9.46. The fourth-order valence-corrected chi connectivity index (χ4v) is 5.00. The summed E-state index contributed by atoms with van der Waals surface area (Å²) in [6, 6.07) is 8.04. The van der Waals surface area contributed by atoms with Gasteiger partial charge in [0.2, 0.25) is 5.89 Å². The number of ether oxygens (including phenoxy) is 1. The van der Waals surface area contributed by atoms with Crippen molar-refractivity contribution in [1.29, 1.82) is 0 Å². The van der Waals surface area contributed by atoms with Gasteiger partial charge in [-0.2, -0.15) is 4.98 Å². The van der Waals surface area contributed by atoms with Crippen LogP contribution in [0.5, 0.6) is 5.75 Å². The summed E-state index contributed by atoms with van der Waals surface area (Å²) >= 11 is 6.19. The number of fused-ring (bicyclic) bond motifs is 1. The zero-order chi connectivity index (χ0) is 23.0. The first kappa shape index (κ1) is 22.1. The highest BCUT2D eigenvalue weighted by atomic mass is 35.5. The molecule has 0 bridgehead atoms. The van der Waals surface area contributed by atoms with Crippen LogP contribution >= 0.6 is 11.6 Å². The number of halogens is 1. The third-order valence-corrected chi connectivity index (χ3v) is 6.79. The van der Waals surface area contributed by atoms with Gasteiger partial charge in [-0.1, -0.05) is 29.7 Å². The molecule has 0 saturated carbocycles. The average Bonchev–Trinajstić information content (AvgIpc) is 3.20. The summed E-state index contributed by atoms with van der Waals surface area (Å²) in [7, 11) is -3.96. The molecule has 0 radical (unpaired) electrons. The van der Waals surface area contributed by atoms with E-state index in [0.717, 1.165) is 5.56 Å². The summed E-state index contributed by atoms with van der Waals surface area (Å²) in [6.45, 7) is 5.24. The van der Waals surface area contributed by atoms with E-state index in [1.165, 1.54) is 11.0 Å². The molecule has 0 spiro atoms. The molecule has 1 aliphatic rings. The topological polar surface area (TPSA) is 115 Å². The molecule has 0 aliphatic carbocycles. The molecule has 32 heavy (non-hydrogen) atoms. The van der Waals surface area contributed by atoms with Gasteiger partial charge in [-0.15, -0.1) is 0 Å². The summed E-state index contributed by atoms with van der Waals surface area (Å²) in [5.74, 6) is 0.803. The molecule has 0 unspecified atom stereocenters. The van der Waals surface area contributed by atoms with Crippen molar-refractivity contribution in [3.8, 4) is 5.75 Å². The van der Waals surface area contributed by atoms with E-state index < -0.39 is 10.0 Å². The Labute approximate surface area is 190 Å². The number of aromatic nitrogens is 2. The van der Waals surface area contributed by atoms with E-state index >= 15 is 0 Å². The van der Waals surface area contributed by atoms with Crippen LogP contribution in [0.15, 0.2) is 39.8 Å². The van der Waals surface area contributed by atoms with Crippen LogP contribution in [0.2, 0.25) is 5.02 Å². The molecule has 1 amide bonds. The lowest BCUT2D eigenvalue weighted by Crippen LogP contribution is -2.38. The van der Waals surface area contributed by atoms with Crippen LogP contribution in [-0.2, 0) is 27.8 Å². The second-order valence-electron chi connectivity index (χ2n) is 7.40. The Morgan fingerprint density at radius 2 is 2.00 bits per heavy atom. The number of nitrogens with zero attached hydrogens (tertiary/aromatic N) is 3. The standard InChI is InChI=1S/C21H21ClN4O5S/c1-4-20-23-19(24-31-20)10-26-16-8-13(3)18(9-17(16)30-11-21(26)27)32(28,29)25-15-6-5-12(2)7-14(15)22/h5-9,25H,4,10-11H2,1-3H3. The SMILES string of the molecule is CCc1nc(CN2C(=O)COc3cc(S(=O)(=O)Nc4ccc(C)cc4Cl)c(C)cc32)no1. The van der Waals surface area contributed by atoms with E-state index in [1.807, 2.05) is 13.8 Å². The van der Waals surface area contributed by atoms with Crippen molar-refractivity contribution in [3.05, 3.63) is 58.2 Å². The molecule has 0 atom stereocenters. The first-order chi connectivity index (χ1) is 15.2. The number of nitrogens with one attached hydrogen (secondary N) is 1. The van der Waals surface area contributed by atoms with Crippen LogP contribution in [-0.4, -0.2) is 31.1 Å². The van der Waals surface area contributed by atoms with Gasteiger partial charge in [0.05, 0.1) is 27.8 Å². The third-order valence-electron chi connectivity index (χ3n) is 4.97. The minimum absolute atomic E-state index is 0.0232. The first-order valence-corrected chi connectivity index (χ1v) is 11.7. The van der Waals surface area contributed by atoms with E-state index in [4.69, 9.17) is 20.9 Å². The highest BCUT2D eigenvalue weighted by molar-refractivity contribution is 7.92. The normalized spacial score (nSPS) is 13.6. The number of carbonyl (C=O) groups is 1. The molecule has 9 nitrogen and oxygen atoms in total. The fourth-order valence-electron chi connectivity index (χ4n) is 3.34. The molecule has 1 N–H and O–H groups in total. The number of benzene rings is 2. The molecule has 1 aromatic heterocycles. The number of anilines is 2. The largest absolute Gasteiger partial charge is 0.482 e. The van der Waals surface area contributed by atoms with Gasteiger partial charge in [-0.05, 0) is 43.2 Å². The maximum absolute atomic E-state index is 13.1. The smallest absolute Gasteiger partial charge is 0.265 e. The number of rotatable bonds is 6. The maximum Gasteiger partial charge on any atom is 0.265 e.